The number of benzene rings is 2. The summed E-state index contributed by atoms with van der Waals surface area (Å²) in [6, 6.07) is 14.2. The van der Waals surface area contributed by atoms with E-state index in [-0.39, 0.29) is 0 Å². The lowest BCUT2D eigenvalue weighted by atomic mass is 10.1. The van der Waals surface area contributed by atoms with Crippen LogP contribution in [0.2, 0.25) is 0 Å². The van der Waals surface area contributed by atoms with Gasteiger partial charge in [0, 0.05) is 5.56 Å². The molecule has 0 fully saturated rings. The summed E-state index contributed by atoms with van der Waals surface area (Å²) >= 11 is 0. The molecule has 0 bridgehead atoms. The predicted molar refractivity (Wildman–Crippen MR) is 76.9 cm³/mol. The van der Waals surface area contributed by atoms with E-state index in [2.05, 4.69) is 17.1 Å². The molecule has 0 unspecified atom stereocenters. The number of nitrogens with zero attached hydrogens (tertiary/aromatic N) is 1. The van der Waals surface area contributed by atoms with E-state index in [0.717, 1.165) is 28.6 Å². The van der Waals surface area contributed by atoms with Crippen molar-refractivity contribution in [2.45, 2.75) is 13.3 Å². The highest BCUT2D eigenvalue weighted by Crippen LogP contribution is 2.26. The van der Waals surface area contributed by atoms with Crippen molar-refractivity contribution >= 4 is 11.1 Å². The smallest absolute Gasteiger partial charge is 0.227 e. The van der Waals surface area contributed by atoms with Crippen molar-refractivity contribution < 1.29 is 4.42 Å². The molecule has 0 amide bonds. The van der Waals surface area contributed by atoms with Crippen molar-refractivity contribution in [1.29, 1.82) is 0 Å². The number of hydrogen-bond donors (Lipinski definition) is 1. The summed E-state index contributed by atoms with van der Waals surface area (Å²) in [5.41, 5.74) is 10.7. The number of nitrogens with two attached hydrogens (primary N) is 1. The molecule has 2 N–H and O–H groups in total. The molecule has 0 atom stereocenters. The number of aromatic nitrogens is 1. The molecule has 0 saturated heterocycles. The van der Waals surface area contributed by atoms with Crippen molar-refractivity contribution in [1.82, 2.24) is 4.98 Å². The summed E-state index contributed by atoms with van der Waals surface area (Å²) in [6.45, 7) is 2.71. The van der Waals surface area contributed by atoms with Gasteiger partial charge in [-0.05, 0) is 49.2 Å². The third-order valence-electron chi connectivity index (χ3n) is 3.25. The molecule has 0 aliphatic rings. The first-order valence-corrected chi connectivity index (χ1v) is 6.43. The van der Waals surface area contributed by atoms with Crippen LogP contribution in [0.1, 0.15) is 11.1 Å². The van der Waals surface area contributed by atoms with E-state index in [1.165, 1.54) is 5.56 Å². The summed E-state index contributed by atoms with van der Waals surface area (Å²) in [6.07, 6.45) is 0.896. The molecular formula is C16H16N2O. The molecule has 19 heavy (non-hydrogen) atoms. The number of hydrogen-bond acceptors (Lipinski definition) is 3. The Morgan fingerprint density at radius 3 is 2.58 bits per heavy atom. The zero-order chi connectivity index (χ0) is 13.2. The van der Waals surface area contributed by atoms with Crippen LogP contribution in [0.4, 0.5) is 0 Å². The standard InChI is InChI=1S/C16H16N2O/c1-11-3-2-4-14-15(11)18-16(19-14)13-7-5-12(6-8-13)9-10-17/h2-8H,9-10,17H2,1H3. The van der Waals surface area contributed by atoms with Crippen molar-refractivity contribution in [3.8, 4) is 11.5 Å². The largest absolute Gasteiger partial charge is 0.436 e. The zero-order valence-corrected chi connectivity index (χ0v) is 10.9. The second-order valence-corrected chi connectivity index (χ2v) is 4.68. The molecule has 0 radical (unpaired) electrons. The Morgan fingerprint density at radius 1 is 1.11 bits per heavy atom. The summed E-state index contributed by atoms with van der Waals surface area (Å²) in [5, 5.41) is 0. The quantitative estimate of drug-likeness (QED) is 0.778. The molecule has 3 aromatic rings. The molecule has 0 aliphatic heterocycles. The average Bonchev–Trinajstić information content (AvgIpc) is 2.85. The van der Waals surface area contributed by atoms with Gasteiger partial charge >= 0.3 is 0 Å². The predicted octanol–water partition coefficient (Wildman–Crippen LogP) is 3.30. The van der Waals surface area contributed by atoms with E-state index in [1.54, 1.807) is 0 Å². The fraction of sp³-hybridized carbons (Fsp3) is 0.188. The van der Waals surface area contributed by atoms with Crippen molar-refractivity contribution in [3.63, 3.8) is 0 Å². The second kappa shape index (κ2) is 4.86. The molecular weight excluding hydrogens is 236 g/mol. The van der Waals surface area contributed by atoms with Gasteiger partial charge in [-0.15, -0.1) is 0 Å². The second-order valence-electron chi connectivity index (χ2n) is 4.68. The topological polar surface area (TPSA) is 52.0 Å². The highest BCUT2D eigenvalue weighted by molar-refractivity contribution is 5.79. The van der Waals surface area contributed by atoms with Crippen molar-refractivity contribution in [2.75, 3.05) is 6.54 Å². The zero-order valence-electron chi connectivity index (χ0n) is 10.9. The van der Waals surface area contributed by atoms with Gasteiger partial charge in [0.25, 0.3) is 0 Å². The molecule has 0 spiro atoms. The summed E-state index contributed by atoms with van der Waals surface area (Å²) < 4.78 is 5.80. The Balaban J connectivity index is 2.01. The molecule has 1 heterocycles. The van der Waals surface area contributed by atoms with Crippen LogP contribution in [0.15, 0.2) is 46.9 Å². The highest BCUT2D eigenvalue weighted by atomic mass is 16.3. The summed E-state index contributed by atoms with van der Waals surface area (Å²) in [7, 11) is 0. The van der Waals surface area contributed by atoms with Crippen LogP contribution in [-0.4, -0.2) is 11.5 Å². The number of oxazole rings is 1. The minimum Gasteiger partial charge on any atom is -0.436 e. The van der Waals surface area contributed by atoms with Crippen molar-refractivity contribution in [3.05, 3.63) is 53.6 Å². The van der Waals surface area contributed by atoms with Crippen LogP contribution in [0, 0.1) is 6.92 Å². The molecule has 3 rings (SSSR count). The molecule has 96 valence electrons. The van der Waals surface area contributed by atoms with Crippen molar-refractivity contribution in [2.24, 2.45) is 5.73 Å². The van der Waals surface area contributed by atoms with Gasteiger partial charge in [-0.25, -0.2) is 4.98 Å². The minimum atomic E-state index is 0.668. The SMILES string of the molecule is Cc1cccc2oc(-c3ccc(CCN)cc3)nc12. The first kappa shape index (κ1) is 11.9. The summed E-state index contributed by atoms with van der Waals surface area (Å²) in [5.74, 6) is 0.670. The maximum atomic E-state index is 5.80. The fourth-order valence-corrected chi connectivity index (χ4v) is 2.19. The maximum Gasteiger partial charge on any atom is 0.227 e. The Kier molecular flexibility index (Phi) is 3.05. The van der Waals surface area contributed by atoms with Crippen LogP contribution in [0.5, 0.6) is 0 Å². The fourth-order valence-electron chi connectivity index (χ4n) is 2.19. The van der Waals surface area contributed by atoms with Crippen LogP contribution >= 0.6 is 0 Å². The first-order chi connectivity index (χ1) is 9.28. The maximum absolute atomic E-state index is 5.80. The van der Waals surface area contributed by atoms with E-state index >= 15 is 0 Å². The number of aryl methyl sites for hydroxylation is 1. The number of fused-ring (bicyclic) bond motifs is 1. The summed E-state index contributed by atoms with van der Waals surface area (Å²) in [4.78, 5) is 4.57. The van der Waals surface area contributed by atoms with Gasteiger partial charge in [-0.2, -0.15) is 0 Å². The lowest BCUT2D eigenvalue weighted by Crippen LogP contribution is -2.02. The molecule has 0 saturated carbocycles. The van der Waals surface area contributed by atoms with E-state index < -0.39 is 0 Å². The third-order valence-corrected chi connectivity index (χ3v) is 3.25. The molecule has 1 aromatic heterocycles. The lowest BCUT2D eigenvalue weighted by Gasteiger charge is -1.99. The number of para-hydroxylation sites is 1. The monoisotopic (exact) mass is 252 g/mol. The van der Waals surface area contributed by atoms with E-state index in [1.807, 2.05) is 37.3 Å². The van der Waals surface area contributed by atoms with E-state index in [0.29, 0.717) is 12.4 Å². The molecule has 2 aromatic carbocycles. The highest BCUT2D eigenvalue weighted by Gasteiger charge is 2.09. The van der Waals surface area contributed by atoms with Crippen LogP contribution in [-0.2, 0) is 6.42 Å². The Hall–Kier alpha value is -2.13. The average molecular weight is 252 g/mol. The molecule has 3 nitrogen and oxygen atoms in total. The van der Waals surface area contributed by atoms with E-state index in [4.69, 9.17) is 10.2 Å². The van der Waals surface area contributed by atoms with Gasteiger partial charge in [0.05, 0.1) is 0 Å². The molecule has 0 aliphatic carbocycles. The van der Waals surface area contributed by atoms with Gasteiger partial charge in [-0.3, -0.25) is 0 Å². The Bertz CT molecular complexity index is 698. The minimum absolute atomic E-state index is 0.668. The third kappa shape index (κ3) is 2.25. The van der Waals surface area contributed by atoms with Crippen LogP contribution in [0.3, 0.4) is 0 Å². The number of rotatable bonds is 3. The van der Waals surface area contributed by atoms with Gasteiger partial charge in [-0.1, -0.05) is 24.3 Å². The van der Waals surface area contributed by atoms with Gasteiger partial charge in [0.2, 0.25) is 5.89 Å². The van der Waals surface area contributed by atoms with Crippen LogP contribution < -0.4 is 5.73 Å². The Morgan fingerprint density at radius 2 is 1.89 bits per heavy atom. The normalized spacial score (nSPS) is 11.1. The van der Waals surface area contributed by atoms with Crippen LogP contribution in [0.25, 0.3) is 22.6 Å². The van der Waals surface area contributed by atoms with Gasteiger partial charge in [0.15, 0.2) is 5.58 Å². The molecule has 3 heteroatoms. The Labute approximate surface area is 112 Å². The lowest BCUT2D eigenvalue weighted by molar-refractivity contribution is 0.620. The first-order valence-electron chi connectivity index (χ1n) is 6.43. The van der Waals surface area contributed by atoms with Gasteiger partial charge in [0.1, 0.15) is 5.52 Å². The van der Waals surface area contributed by atoms with E-state index in [9.17, 15) is 0 Å². The van der Waals surface area contributed by atoms with Gasteiger partial charge < -0.3 is 10.2 Å².